The number of hydrogen-bond donors (Lipinski definition) is 3. The van der Waals surface area contributed by atoms with Crippen LogP contribution < -0.4 is 16.0 Å². The Bertz CT molecular complexity index is 3260. The van der Waals surface area contributed by atoms with Crippen molar-refractivity contribution in [1.29, 1.82) is 0 Å². The normalized spacial score (nSPS) is 31.6. The van der Waals surface area contributed by atoms with Crippen LogP contribution in [0.1, 0.15) is 189 Å². The molecule has 110 heavy (non-hydrogen) atoms. The third kappa shape index (κ3) is 22.0. The molecule has 3 N–H and O–H groups in total. The number of fused-ring (bicyclic) bond motifs is 3. The zero-order chi connectivity index (χ0) is 81.8. The molecular formula is C77H120F8N12O13. The van der Waals surface area contributed by atoms with E-state index >= 15 is 42.3 Å². The van der Waals surface area contributed by atoms with Gasteiger partial charge in [-0.25, -0.2) is 8.78 Å². The maximum absolute atomic E-state index is 15.7. The lowest BCUT2D eigenvalue weighted by Gasteiger charge is -2.46. The molecule has 6 fully saturated rings. The standard InChI is InChI=1S/C77H120F8N12O13/c1-14-34-89(7)69(104)58-41-61(99)93(11)56(36-45(4)5)66(101)87-64(46(6)15-2)72(107)91(9)44-62(100)92(10)55-25-18-17-21-35-96(71(55)106)59(39-47-26-29-50(30-27-47)76(80,81)82)70(105)90(8)43-60(98)86-54(31-28-48-37-52(78)63(53(79)38-48)77(83,84)85)68(103)97-42-51(110-16-3)40-57(97)67(102)88-75(32-22-33-75)74(109)95(13)65(73(108)94(58)12)49-23-19-20-24-49/h17-18,45-59,63-65H,14-16,19-44H2,1-13H3,(H,86,98)(H,87,101)(H,88,102)/b18-17-/t46-,47?,48?,50?,51+,52?,53?,54-,55-,56-,57-,58-,59-,63?,64-,65-/m0/s1. The molecule has 1 spiro atoms. The highest BCUT2D eigenvalue weighted by Gasteiger charge is 2.56. The summed E-state index contributed by atoms with van der Waals surface area (Å²) in [4.78, 5) is 193. The van der Waals surface area contributed by atoms with Crippen LogP contribution in [0.15, 0.2) is 12.2 Å². The average molecular weight is 1570 g/mol. The SMILES string of the molecule is CCCN(C)C(=O)[C@@H]1CC(=O)N(C)[C@@H](CC(C)C)C(=O)N[C@@H]([C@@H](C)CC)C(=O)N(C)CC(=O)N(C)[C@H]2C/C=C\CCN(C2=O)[C@@H](CC2CCC(C(F)(F)F)CC2)C(=O)N(C)CC(=O)N[C@@H](CCC2CC(F)C(C(F)(F)F)C(F)C2)C(=O)N2C[C@H](OCC)C[C@H]2C(=O)NC2(CCC2)C(=O)N(C)[C@@H](C2CCCC2)C(=O)N1C. The first-order valence-corrected chi connectivity index (χ1v) is 39.6. The van der Waals surface area contributed by atoms with Gasteiger partial charge in [-0.05, 0) is 152 Å². The molecule has 2 saturated heterocycles. The fourth-order valence-corrected chi connectivity index (χ4v) is 17.4. The minimum atomic E-state index is -5.22. The lowest BCUT2D eigenvalue weighted by Crippen LogP contribution is -2.68. The van der Waals surface area contributed by atoms with Crippen LogP contribution in [0.2, 0.25) is 0 Å². The second-order valence-electron chi connectivity index (χ2n) is 32.7. The first-order valence-electron chi connectivity index (χ1n) is 39.6. The van der Waals surface area contributed by atoms with E-state index in [1.807, 2.05) is 20.8 Å². The Kier molecular flexibility index (Phi) is 31.9. The highest BCUT2D eigenvalue weighted by Crippen LogP contribution is 2.46. The Morgan fingerprint density at radius 2 is 1.27 bits per heavy atom. The number of halogens is 8. The topological polar surface area (TPSA) is 279 Å². The maximum atomic E-state index is 15.7. The average Bonchev–Trinajstić information content (AvgIpc) is 1.07. The summed E-state index contributed by atoms with van der Waals surface area (Å²) in [6.07, 6.45) is -12.7. The molecule has 3 heterocycles. The van der Waals surface area contributed by atoms with Gasteiger partial charge in [0.2, 0.25) is 70.9 Å². The van der Waals surface area contributed by atoms with Crippen LogP contribution in [0, 0.1) is 41.4 Å². The van der Waals surface area contributed by atoms with Crippen LogP contribution in [0.25, 0.3) is 0 Å². The molecule has 12 amide bonds. The first-order chi connectivity index (χ1) is 51.6. The van der Waals surface area contributed by atoms with Gasteiger partial charge in [0.15, 0.2) is 0 Å². The minimum Gasteiger partial charge on any atom is -0.377 e. The van der Waals surface area contributed by atoms with E-state index in [0.29, 0.717) is 44.9 Å². The Hall–Kier alpha value is -7.22. The van der Waals surface area contributed by atoms with E-state index in [1.54, 1.807) is 32.9 Å². The van der Waals surface area contributed by atoms with Gasteiger partial charge in [-0.3, -0.25) is 57.5 Å². The van der Waals surface area contributed by atoms with Crippen molar-refractivity contribution in [3.05, 3.63) is 12.2 Å². The molecule has 2 unspecified atom stereocenters. The zero-order valence-corrected chi connectivity index (χ0v) is 66.4. The van der Waals surface area contributed by atoms with Crippen molar-refractivity contribution in [3.8, 4) is 0 Å². The Labute approximate surface area is 642 Å². The summed E-state index contributed by atoms with van der Waals surface area (Å²) in [5, 5.41) is 8.44. The molecule has 7 aliphatic rings. The molecule has 12 atom stereocenters. The summed E-state index contributed by atoms with van der Waals surface area (Å²) in [5.41, 5.74) is -1.69. The van der Waals surface area contributed by atoms with Gasteiger partial charge < -0.3 is 64.8 Å². The molecular weight excluding hydrogens is 1450 g/mol. The second-order valence-corrected chi connectivity index (χ2v) is 32.7. The van der Waals surface area contributed by atoms with Gasteiger partial charge >= 0.3 is 12.4 Å². The number of ether oxygens (including phenoxy) is 1. The fraction of sp³-hybridized carbons (Fsp3) is 0.818. The summed E-state index contributed by atoms with van der Waals surface area (Å²) in [7, 11) is 9.57. The number of nitrogens with zero attached hydrogens (tertiary/aromatic N) is 9. The number of nitrogens with one attached hydrogen (secondary N) is 3. The third-order valence-corrected chi connectivity index (χ3v) is 24.4. The third-order valence-electron chi connectivity index (χ3n) is 24.4. The van der Waals surface area contributed by atoms with E-state index in [-0.39, 0.29) is 109 Å². The molecule has 33 heteroatoms. The number of amides is 12. The number of likely N-dealkylation sites (N-methyl/N-ethyl adjacent to an activating group) is 7. The number of hydrogen-bond acceptors (Lipinski definition) is 13. The Balaban J connectivity index is 1.33. The van der Waals surface area contributed by atoms with E-state index in [0.717, 1.165) is 24.5 Å². The van der Waals surface area contributed by atoms with Crippen LogP contribution in [-0.2, 0) is 62.3 Å². The lowest BCUT2D eigenvalue weighted by molar-refractivity contribution is -0.219. The van der Waals surface area contributed by atoms with E-state index in [1.165, 1.54) is 68.9 Å². The summed E-state index contributed by atoms with van der Waals surface area (Å²) >= 11 is 0. The Morgan fingerprint density at radius 3 is 1.84 bits per heavy atom. The Morgan fingerprint density at radius 1 is 0.645 bits per heavy atom. The molecule has 0 aromatic rings. The summed E-state index contributed by atoms with van der Waals surface area (Å²) < 4.78 is 121. The minimum absolute atomic E-state index is 0.00493. The number of carbonyl (C=O) groups is 12. The van der Waals surface area contributed by atoms with Crippen LogP contribution in [0.5, 0.6) is 0 Å². The largest absolute Gasteiger partial charge is 0.397 e. The zero-order valence-electron chi connectivity index (χ0n) is 66.4. The van der Waals surface area contributed by atoms with E-state index in [4.69, 9.17) is 4.74 Å². The van der Waals surface area contributed by atoms with Crippen LogP contribution >= 0.6 is 0 Å². The van der Waals surface area contributed by atoms with E-state index < -0.39 is 230 Å². The quantitative estimate of drug-likeness (QED) is 0.109. The van der Waals surface area contributed by atoms with E-state index in [2.05, 4.69) is 16.0 Å². The van der Waals surface area contributed by atoms with Crippen LogP contribution in [0.3, 0.4) is 0 Å². The smallest absolute Gasteiger partial charge is 0.377 e. The molecule has 4 saturated carbocycles. The maximum Gasteiger partial charge on any atom is 0.397 e. The lowest BCUT2D eigenvalue weighted by atomic mass is 9.74. The van der Waals surface area contributed by atoms with Gasteiger partial charge in [0, 0.05) is 82.0 Å². The van der Waals surface area contributed by atoms with Crippen molar-refractivity contribution in [1.82, 2.24) is 60.0 Å². The molecule has 2 bridgehead atoms. The molecule has 0 radical (unpaired) electrons. The predicted molar refractivity (Wildman–Crippen MR) is 390 cm³/mol. The molecule has 25 nitrogen and oxygen atoms in total. The van der Waals surface area contributed by atoms with Gasteiger partial charge in [0.1, 0.15) is 72.1 Å². The van der Waals surface area contributed by atoms with Gasteiger partial charge in [-0.2, -0.15) is 26.3 Å². The van der Waals surface area contributed by atoms with Crippen molar-refractivity contribution < 1.29 is 97.4 Å². The van der Waals surface area contributed by atoms with Crippen molar-refractivity contribution in [2.24, 2.45) is 41.4 Å². The summed E-state index contributed by atoms with van der Waals surface area (Å²) in [5.74, 6) is -17.0. The molecule has 3 aliphatic heterocycles. The monoisotopic (exact) mass is 1570 g/mol. The highest BCUT2D eigenvalue weighted by molar-refractivity contribution is 6.01. The van der Waals surface area contributed by atoms with E-state index in [9.17, 15) is 50.3 Å². The van der Waals surface area contributed by atoms with Crippen molar-refractivity contribution in [2.75, 3.05) is 88.7 Å². The highest BCUT2D eigenvalue weighted by atomic mass is 19.4. The van der Waals surface area contributed by atoms with Gasteiger partial charge in [0.05, 0.1) is 31.5 Å². The fourth-order valence-electron chi connectivity index (χ4n) is 17.4. The predicted octanol–water partition coefficient (Wildman–Crippen LogP) is 7.13. The molecule has 622 valence electrons. The number of alkyl halides is 8. The van der Waals surface area contributed by atoms with Gasteiger partial charge in [0.25, 0.3) is 0 Å². The second kappa shape index (κ2) is 39.0. The van der Waals surface area contributed by atoms with Crippen molar-refractivity contribution in [2.45, 2.75) is 274 Å². The summed E-state index contributed by atoms with van der Waals surface area (Å²) in [6.45, 7) is 8.95. The molecule has 7 rings (SSSR count). The molecule has 4 aliphatic carbocycles. The van der Waals surface area contributed by atoms with Crippen LogP contribution in [-0.4, -0.2) is 288 Å². The number of carbonyl (C=O) groups excluding carboxylic acids is 12. The van der Waals surface area contributed by atoms with Crippen molar-refractivity contribution in [3.63, 3.8) is 0 Å². The van der Waals surface area contributed by atoms with Gasteiger partial charge in [-0.1, -0.05) is 66.0 Å². The van der Waals surface area contributed by atoms with Gasteiger partial charge in [-0.15, -0.1) is 0 Å². The van der Waals surface area contributed by atoms with Crippen LogP contribution in [0.4, 0.5) is 35.1 Å². The molecule has 0 aromatic carbocycles. The summed E-state index contributed by atoms with van der Waals surface area (Å²) in [6, 6.07) is -11.4. The first kappa shape index (κ1) is 90.0. The number of rotatable bonds is 15. The van der Waals surface area contributed by atoms with Crippen molar-refractivity contribution >= 4 is 70.9 Å². The molecule has 0 aromatic heterocycles.